The molecule has 0 unspecified atom stereocenters. The number of rotatable bonds is 16. The standard InChI is InChI=1S/C20H37NO6P2/c1-2-3-4-5-6-7-8-9-10-11-12-14-19-15-13-16-21(17-19)18-20(28(22,23)24)29(25,26)27/h13,15-17,20H,2-12,14,18H2,1H3,(H3-,22,23,24,25,26,27)/p+1. The highest BCUT2D eigenvalue weighted by atomic mass is 31.2. The Morgan fingerprint density at radius 1 is 0.828 bits per heavy atom. The molecule has 1 aromatic rings. The zero-order chi connectivity index (χ0) is 21.8. The van der Waals surface area contributed by atoms with Crippen LogP contribution in [0, 0.1) is 0 Å². The van der Waals surface area contributed by atoms with Gasteiger partial charge in [-0.25, -0.2) is 4.57 Å². The molecule has 168 valence electrons. The van der Waals surface area contributed by atoms with Crippen LogP contribution < -0.4 is 4.57 Å². The minimum absolute atomic E-state index is 0.416. The first-order valence-electron chi connectivity index (χ1n) is 10.7. The van der Waals surface area contributed by atoms with Crippen molar-refractivity contribution in [3.63, 3.8) is 0 Å². The molecule has 29 heavy (non-hydrogen) atoms. The molecule has 0 amide bonds. The van der Waals surface area contributed by atoms with Crippen LogP contribution in [0.5, 0.6) is 0 Å². The van der Waals surface area contributed by atoms with E-state index in [0.29, 0.717) is 0 Å². The van der Waals surface area contributed by atoms with Gasteiger partial charge in [-0.05, 0) is 18.9 Å². The molecule has 0 fully saturated rings. The Balaban J connectivity index is 2.32. The van der Waals surface area contributed by atoms with Crippen LogP contribution in [0.1, 0.15) is 83.1 Å². The fourth-order valence-electron chi connectivity index (χ4n) is 3.43. The summed E-state index contributed by atoms with van der Waals surface area (Å²) in [7, 11) is -9.82. The van der Waals surface area contributed by atoms with Gasteiger partial charge in [0, 0.05) is 11.6 Å². The summed E-state index contributed by atoms with van der Waals surface area (Å²) in [6.07, 6.45) is 18.1. The van der Waals surface area contributed by atoms with Crippen LogP contribution in [0.15, 0.2) is 24.5 Å². The highest BCUT2D eigenvalue weighted by Crippen LogP contribution is 2.59. The van der Waals surface area contributed by atoms with E-state index in [9.17, 15) is 28.7 Å². The van der Waals surface area contributed by atoms with Gasteiger partial charge in [0.15, 0.2) is 18.9 Å². The molecule has 9 heteroatoms. The maximum Gasteiger partial charge on any atom is 0.347 e. The van der Waals surface area contributed by atoms with Crippen molar-refractivity contribution in [3.8, 4) is 0 Å². The Bertz CT molecular complexity index is 651. The molecular weight excluding hydrogens is 412 g/mol. The lowest BCUT2D eigenvalue weighted by atomic mass is 10.0. The minimum atomic E-state index is -4.91. The SMILES string of the molecule is CCCCCCCCCCCCCc1ccc[n+](CC(P(=O)(O)O)P(=O)(O)O)c1. The summed E-state index contributed by atoms with van der Waals surface area (Å²) < 4.78 is 24.3. The highest BCUT2D eigenvalue weighted by Gasteiger charge is 2.46. The van der Waals surface area contributed by atoms with Gasteiger partial charge in [-0.15, -0.1) is 0 Å². The van der Waals surface area contributed by atoms with Crippen LogP contribution >= 0.6 is 15.2 Å². The Morgan fingerprint density at radius 3 is 1.79 bits per heavy atom. The van der Waals surface area contributed by atoms with Crippen LogP contribution in [0.4, 0.5) is 0 Å². The monoisotopic (exact) mass is 450 g/mol. The lowest BCUT2D eigenvalue weighted by Crippen LogP contribution is -2.39. The molecular formula is C20H38NO6P2+. The van der Waals surface area contributed by atoms with Crippen molar-refractivity contribution in [2.45, 2.75) is 95.9 Å². The lowest BCUT2D eigenvalue weighted by Gasteiger charge is -2.16. The molecule has 0 bridgehead atoms. The predicted octanol–water partition coefficient (Wildman–Crippen LogP) is 4.51. The van der Waals surface area contributed by atoms with Gasteiger partial charge in [-0.1, -0.05) is 71.1 Å². The van der Waals surface area contributed by atoms with Crippen molar-refractivity contribution in [2.75, 3.05) is 0 Å². The molecule has 1 heterocycles. The average Bonchev–Trinajstić information content (AvgIpc) is 2.63. The second-order valence-electron chi connectivity index (χ2n) is 7.85. The number of hydrogen-bond donors (Lipinski definition) is 4. The Kier molecular flexibility index (Phi) is 12.5. The molecule has 0 radical (unpaired) electrons. The van der Waals surface area contributed by atoms with E-state index in [-0.39, 0.29) is 0 Å². The van der Waals surface area contributed by atoms with Gasteiger partial charge in [0.05, 0.1) is 0 Å². The first-order chi connectivity index (χ1) is 13.6. The molecule has 0 aromatic carbocycles. The fourth-order valence-corrected chi connectivity index (χ4v) is 5.80. The maximum atomic E-state index is 11.4. The van der Waals surface area contributed by atoms with Crippen LogP contribution in [-0.2, 0) is 22.1 Å². The van der Waals surface area contributed by atoms with E-state index in [0.717, 1.165) is 24.8 Å². The van der Waals surface area contributed by atoms with E-state index in [1.165, 1.54) is 62.4 Å². The first-order valence-corrected chi connectivity index (χ1v) is 14.1. The normalized spacial score (nSPS) is 12.6. The third-order valence-corrected chi connectivity index (χ3v) is 8.82. The number of pyridine rings is 1. The second-order valence-corrected chi connectivity index (χ2v) is 11.9. The van der Waals surface area contributed by atoms with E-state index in [2.05, 4.69) is 6.92 Å². The summed E-state index contributed by atoms with van der Waals surface area (Å²) in [4.78, 5) is 37.1. The van der Waals surface area contributed by atoms with Crippen LogP contribution in [-0.4, -0.2) is 25.0 Å². The van der Waals surface area contributed by atoms with Gasteiger partial charge in [0.1, 0.15) is 0 Å². The maximum absolute atomic E-state index is 11.4. The quantitative estimate of drug-likeness (QED) is 0.167. The van der Waals surface area contributed by atoms with Crippen molar-refractivity contribution in [2.24, 2.45) is 0 Å². The van der Waals surface area contributed by atoms with E-state index in [1.54, 1.807) is 18.5 Å². The number of nitrogens with zero attached hydrogens (tertiary/aromatic N) is 1. The molecule has 1 rings (SSSR count). The van der Waals surface area contributed by atoms with Gasteiger partial charge in [0.2, 0.25) is 5.40 Å². The van der Waals surface area contributed by atoms with Gasteiger partial charge in [0.25, 0.3) is 0 Å². The van der Waals surface area contributed by atoms with Gasteiger partial charge < -0.3 is 19.6 Å². The zero-order valence-electron chi connectivity index (χ0n) is 17.5. The Hall–Kier alpha value is -0.550. The molecule has 4 N–H and O–H groups in total. The first kappa shape index (κ1) is 26.5. The number of aromatic nitrogens is 1. The largest absolute Gasteiger partial charge is 0.347 e. The lowest BCUT2D eigenvalue weighted by molar-refractivity contribution is -0.695. The number of aryl methyl sites for hydroxylation is 1. The Morgan fingerprint density at radius 2 is 1.31 bits per heavy atom. The second kappa shape index (κ2) is 13.7. The zero-order valence-corrected chi connectivity index (χ0v) is 19.3. The van der Waals surface area contributed by atoms with Crippen molar-refractivity contribution in [3.05, 3.63) is 30.1 Å². The molecule has 0 aliphatic rings. The molecule has 7 nitrogen and oxygen atoms in total. The molecule has 0 atom stereocenters. The van der Waals surface area contributed by atoms with E-state index < -0.39 is 27.1 Å². The van der Waals surface area contributed by atoms with Gasteiger partial charge in [-0.2, -0.15) is 0 Å². The highest BCUT2D eigenvalue weighted by molar-refractivity contribution is 7.70. The van der Waals surface area contributed by atoms with Crippen molar-refractivity contribution in [1.29, 1.82) is 0 Å². The minimum Gasteiger partial charge on any atom is -0.324 e. The topological polar surface area (TPSA) is 119 Å². The predicted molar refractivity (Wildman–Crippen MR) is 115 cm³/mol. The molecule has 0 aliphatic heterocycles. The summed E-state index contributed by atoms with van der Waals surface area (Å²) in [5.41, 5.74) is 0.999. The Labute approximate surface area is 174 Å². The number of unbranched alkanes of at least 4 members (excludes halogenated alkanes) is 10. The summed E-state index contributed by atoms with van der Waals surface area (Å²) in [5, 5.41) is -2.02. The van der Waals surface area contributed by atoms with Crippen molar-refractivity contribution in [1.82, 2.24) is 0 Å². The average molecular weight is 450 g/mol. The number of hydrogen-bond acceptors (Lipinski definition) is 2. The summed E-state index contributed by atoms with van der Waals surface area (Å²) in [5.74, 6) is 0. The van der Waals surface area contributed by atoms with Crippen LogP contribution in [0.3, 0.4) is 0 Å². The van der Waals surface area contributed by atoms with Crippen LogP contribution in [0.25, 0.3) is 0 Å². The molecule has 0 saturated heterocycles. The van der Waals surface area contributed by atoms with E-state index in [4.69, 9.17) is 0 Å². The van der Waals surface area contributed by atoms with Gasteiger partial charge >= 0.3 is 15.2 Å². The fraction of sp³-hybridized carbons (Fsp3) is 0.750. The third kappa shape index (κ3) is 12.0. The smallest absolute Gasteiger partial charge is 0.324 e. The molecule has 0 spiro atoms. The third-order valence-electron chi connectivity index (χ3n) is 5.14. The van der Waals surface area contributed by atoms with E-state index >= 15 is 0 Å². The summed E-state index contributed by atoms with van der Waals surface area (Å²) in [6, 6.07) is 3.67. The summed E-state index contributed by atoms with van der Waals surface area (Å²) in [6.45, 7) is 1.82. The van der Waals surface area contributed by atoms with Crippen molar-refractivity contribution < 1.29 is 33.3 Å². The summed E-state index contributed by atoms with van der Waals surface area (Å²) >= 11 is 0. The van der Waals surface area contributed by atoms with Crippen LogP contribution in [0.2, 0.25) is 0 Å². The van der Waals surface area contributed by atoms with Gasteiger partial charge in [-0.3, -0.25) is 9.13 Å². The molecule has 0 aliphatic carbocycles. The van der Waals surface area contributed by atoms with Crippen molar-refractivity contribution >= 4 is 15.2 Å². The van der Waals surface area contributed by atoms with E-state index in [1.807, 2.05) is 6.07 Å². The molecule has 1 aromatic heterocycles. The molecule has 0 saturated carbocycles.